The van der Waals surface area contributed by atoms with E-state index in [1.807, 2.05) is 25.1 Å². The third kappa shape index (κ3) is 3.05. The minimum atomic E-state index is -0.164. The fraction of sp³-hybridized carbons (Fsp3) is 0.609. The van der Waals surface area contributed by atoms with Crippen molar-refractivity contribution in [2.75, 3.05) is 33.7 Å². The number of carbonyl (C=O) groups excluding carboxylic acids is 1. The minimum Gasteiger partial charge on any atom is -0.426 e. The molecule has 4 heterocycles. The lowest BCUT2D eigenvalue weighted by Crippen LogP contribution is -2.55. The van der Waals surface area contributed by atoms with Crippen LogP contribution in [0.2, 0.25) is 0 Å². The number of hydrogen-bond donors (Lipinski definition) is 1. The second-order valence-corrected chi connectivity index (χ2v) is 9.41. The van der Waals surface area contributed by atoms with Gasteiger partial charge in [-0.3, -0.25) is 9.69 Å². The fourth-order valence-corrected chi connectivity index (χ4v) is 6.05. The molecule has 6 rings (SSSR count). The summed E-state index contributed by atoms with van der Waals surface area (Å²) >= 11 is 0. The summed E-state index contributed by atoms with van der Waals surface area (Å²) in [5.74, 6) is 2.75. The topological polar surface area (TPSA) is 48.6 Å². The van der Waals surface area contributed by atoms with E-state index in [0.29, 0.717) is 30.7 Å². The number of esters is 1. The maximum absolute atomic E-state index is 12.1. The molecule has 0 radical (unpaired) electrons. The van der Waals surface area contributed by atoms with Crippen molar-refractivity contribution in [2.45, 2.75) is 44.6 Å². The Balaban J connectivity index is 1.45. The Labute approximate surface area is 167 Å². The summed E-state index contributed by atoms with van der Waals surface area (Å²) in [6.45, 7) is 5.57. The van der Waals surface area contributed by atoms with E-state index >= 15 is 0 Å². The fourth-order valence-electron chi connectivity index (χ4n) is 6.05. The highest BCUT2D eigenvalue weighted by Gasteiger charge is 2.47. The maximum Gasteiger partial charge on any atom is 0.312 e. The van der Waals surface area contributed by atoms with Gasteiger partial charge in [0.2, 0.25) is 0 Å². The van der Waals surface area contributed by atoms with Crippen molar-refractivity contribution in [3.05, 3.63) is 29.5 Å². The van der Waals surface area contributed by atoms with Crippen LogP contribution in [-0.2, 0) is 11.2 Å². The standard InChI is InChI=1S/C23H31N3O2/c1-14-10-15-11-19-22-17(6-9-26(13-15)23(14)19)18-12-16(4-5-20(18)24-22)28-21(27)7-8-25(2)3/h4-5,12,14-15,19,23-24H,6-11,13H2,1-3H3/t14-,15-,19-,23?/m0/s1. The molecule has 2 aromatic rings. The van der Waals surface area contributed by atoms with Crippen LogP contribution in [0.1, 0.15) is 43.4 Å². The van der Waals surface area contributed by atoms with Crippen molar-refractivity contribution in [1.82, 2.24) is 14.8 Å². The molecular weight excluding hydrogens is 350 g/mol. The normalized spacial score (nSPS) is 31.1. The maximum atomic E-state index is 12.1. The molecule has 2 saturated heterocycles. The monoisotopic (exact) mass is 381 g/mol. The molecule has 1 aromatic heterocycles. The summed E-state index contributed by atoms with van der Waals surface area (Å²) in [7, 11) is 3.93. The summed E-state index contributed by atoms with van der Waals surface area (Å²) < 4.78 is 5.63. The summed E-state index contributed by atoms with van der Waals surface area (Å²) in [4.78, 5) is 20.7. The molecule has 1 aromatic carbocycles. The van der Waals surface area contributed by atoms with E-state index in [9.17, 15) is 4.79 Å². The quantitative estimate of drug-likeness (QED) is 0.651. The van der Waals surface area contributed by atoms with Crippen LogP contribution in [0.4, 0.5) is 0 Å². The van der Waals surface area contributed by atoms with Gasteiger partial charge >= 0.3 is 5.97 Å². The van der Waals surface area contributed by atoms with Gasteiger partial charge in [0.1, 0.15) is 5.75 Å². The predicted molar refractivity (Wildman–Crippen MR) is 111 cm³/mol. The van der Waals surface area contributed by atoms with Crippen molar-refractivity contribution < 1.29 is 9.53 Å². The summed E-state index contributed by atoms with van der Waals surface area (Å²) in [6.07, 6.45) is 4.20. The average Bonchev–Trinajstić information content (AvgIpc) is 2.97. The van der Waals surface area contributed by atoms with Crippen LogP contribution < -0.4 is 4.74 Å². The van der Waals surface area contributed by atoms with Gasteiger partial charge in [0.05, 0.1) is 6.42 Å². The number of nitrogens with zero attached hydrogens (tertiary/aromatic N) is 2. The third-order valence-corrected chi connectivity index (χ3v) is 7.13. The van der Waals surface area contributed by atoms with Crippen molar-refractivity contribution in [3.8, 4) is 5.75 Å². The first-order valence-corrected chi connectivity index (χ1v) is 10.7. The Morgan fingerprint density at radius 1 is 1.32 bits per heavy atom. The van der Waals surface area contributed by atoms with Crippen LogP contribution in [0.5, 0.6) is 5.75 Å². The van der Waals surface area contributed by atoms with E-state index < -0.39 is 0 Å². The minimum absolute atomic E-state index is 0.164. The van der Waals surface area contributed by atoms with E-state index in [2.05, 4.69) is 28.9 Å². The number of rotatable bonds is 4. The zero-order valence-corrected chi connectivity index (χ0v) is 17.2. The van der Waals surface area contributed by atoms with Gasteiger partial charge in [-0.15, -0.1) is 0 Å². The van der Waals surface area contributed by atoms with Crippen LogP contribution in [-0.4, -0.2) is 60.5 Å². The van der Waals surface area contributed by atoms with Crippen molar-refractivity contribution in [3.63, 3.8) is 0 Å². The Kier molecular flexibility index (Phi) is 4.48. The second kappa shape index (κ2) is 6.89. The number of nitrogens with one attached hydrogen (secondary N) is 1. The lowest BCUT2D eigenvalue weighted by atomic mass is 9.67. The van der Waals surface area contributed by atoms with Crippen molar-refractivity contribution in [2.24, 2.45) is 11.8 Å². The van der Waals surface area contributed by atoms with Gasteiger partial charge < -0.3 is 14.6 Å². The summed E-state index contributed by atoms with van der Waals surface area (Å²) in [5, 5.41) is 1.24. The summed E-state index contributed by atoms with van der Waals surface area (Å²) in [5.41, 5.74) is 4.09. The van der Waals surface area contributed by atoms with Gasteiger partial charge in [0.15, 0.2) is 0 Å². The predicted octanol–water partition coefficient (Wildman–Crippen LogP) is 3.40. The Bertz CT molecular complexity index is 903. The average molecular weight is 382 g/mol. The van der Waals surface area contributed by atoms with Crippen LogP contribution in [0.3, 0.4) is 0 Å². The van der Waals surface area contributed by atoms with E-state index in [-0.39, 0.29) is 5.97 Å². The largest absolute Gasteiger partial charge is 0.426 e. The van der Waals surface area contributed by atoms with Crippen LogP contribution in [0.15, 0.2) is 18.2 Å². The highest BCUT2D eigenvalue weighted by Crippen LogP contribution is 2.50. The van der Waals surface area contributed by atoms with E-state index in [1.54, 1.807) is 0 Å². The number of aromatic nitrogens is 1. The second-order valence-electron chi connectivity index (χ2n) is 9.41. The lowest BCUT2D eigenvalue weighted by Gasteiger charge is -2.52. The molecule has 0 amide bonds. The van der Waals surface area contributed by atoms with Gasteiger partial charge in [-0.1, -0.05) is 6.92 Å². The number of H-pyrrole nitrogens is 1. The first-order valence-electron chi connectivity index (χ1n) is 10.7. The number of benzene rings is 1. The van der Waals surface area contributed by atoms with Gasteiger partial charge in [0, 0.05) is 48.2 Å². The summed E-state index contributed by atoms with van der Waals surface area (Å²) in [6, 6.07) is 6.77. The molecule has 1 N–H and O–H groups in total. The highest BCUT2D eigenvalue weighted by atomic mass is 16.5. The Hall–Kier alpha value is -1.85. The number of hydrogen-bond acceptors (Lipinski definition) is 4. The Morgan fingerprint density at radius 2 is 2.18 bits per heavy atom. The van der Waals surface area contributed by atoms with Crippen molar-refractivity contribution in [1.29, 1.82) is 0 Å². The molecule has 2 unspecified atom stereocenters. The molecule has 4 bridgehead atoms. The number of piperidine rings is 2. The van der Waals surface area contributed by atoms with E-state index in [1.165, 1.54) is 41.5 Å². The molecule has 4 aliphatic rings. The number of ether oxygens (including phenoxy) is 1. The zero-order valence-electron chi connectivity index (χ0n) is 17.2. The van der Waals surface area contributed by atoms with Crippen LogP contribution >= 0.6 is 0 Å². The number of fused-ring (bicyclic) bond motifs is 4. The third-order valence-electron chi connectivity index (χ3n) is 7.13. The van der Waals surface area contributed by atoms with Gasteiger partial charge in [-0.05, 0) is 69.0 Å². The first kappa shape index (κ1) is 18.2. The molecular formula is C23H31N3O2. The molecule has 3 aliphatic heterocycles. The van der Waals surface area contributed by atoms with Crippen LogP contribution in [0.25, 0.3) is 10.9 Å². The lowest BCUT2D eigenvalue weighted by molar-refractivity contribution is -0.134. The highest BCUT2D eigenvalue weighted by molar-refractivity contribution is 5.87. The van der Waals surface area contributed by atoms with Gasteiger partial charge in [0.25, 0.3) is 0 Å². The van der Waals surface area contributed by atoms with Crippen molar-refractivity contribution >= 4 is 16.9 Å². The van der Waals surface area contributed by atoms with Gasteiger partial charge in [-0.25, -0.2) is 0 Å². The molecule has 28 heavy (non-hydrogen) atoms. The Morgan fingerprint density at radius 3 is 2.96 bits per heavy atom. The molecule has 5 nitrogen and oxygen atoms in total. The molecule has 0 spiro atoms. The van der Waals surface area contributed by atoms with E-state index in [0.717, 1.165) is 24.8 Å². The molecule has 150 valence electrons. The number of carbonyl (C=O) groups is 1. The molecule has 3 fully saturated rings. The van der Waals surface area contributed by atoms with Gasteiger partial charge in [-0.2, -0.15) is 0 Å². The molecule has 1 aliphatic carbocycles. The molecule has 5 atom stereocenters. The first-order chi connectivity index (χ1) is 13.5. The van der Waals surface area contributed by atoms with Crippen LogP contribution in [0, 0.1) is 11.8 Å². The smallest absolute Gasteiger partial charge is 0.312 e. The number of aromatic amines is 1. The molecule has 5 heteroatoms. The zero-order chi connectivity index (χ0) is 19.4. The SMILES string of the molecule is C[C@H]1C[C@H]2C[C@H]3c4[nH]c5ccc(OC(=O)CCN(C)C)cc5c4CCN(C2)C13. The molecule has 1 saturated carbocycles. The van der Waals surface area contributed by atoms with E-state index in [4.69, 9.17) is 4.74 Å².